The molecule has 2 aliphatic heterocycles. The minimum absolute atomic E-state index is 0.0255. The highest BCUT2D eigenvalue weighted by atomic mass is 35.5. The summed E-state index contributed by atoms with van der Waals surface area (Å²) in [6.45, 7) is 10.3. The Kier molecular flexibility index (Phi) is 11.7. The Bertz CT molecular complexity index is 2840. The van der Waals surface area contributed by atoms with Gasteiger partial charge in [0.25, 0.3) is 15.9 Å². The number of pyridine rings is 1. The van der Waals surface area contributed by atoms with Gasteiger partial charge in [-0.25, -0.2) is 22.8 Å². The Morgan fingerprint density at radius 1 is 1.06 bits per heavy atom. The first-order valence-electron chi connectivity index (χ1n) is 21.0. The Hall–Kier alpha value is -5.85. The molecule has 3 aromatic carbocycles. The van der Waals surface area contributed by atoms with Crippen LogP contribution >= 0.6 is 11.6 Å². The van der Waals surface area contributed by atoms with Crippen LogP contribution in [0.25, 0.3) is 33.3 Å². The highest BCUT2D eigenvalue weighted by molar-refractivity contribution is 7.90. The van der Waals surface area contributed by atoms with Crippen molar-refractivity contribution in [2.75, 3.05) is 63.9 Å². The zero-order valence-corrected chi connectivity index (χ0v) is 36.5. The van der Waals surface area contributed by atoms with Gasteiger partial charge in [-0.05, 0) is 90.4 Å². The van der Waals surface area contributed by atoms with Crippen molar-refractivity contribution in [1.82, 2.24) is 34.7 Å². The second kappa shape index (κ2) is 17.4. The van der Waals surface area contributed by atoms with Crippen LogP contribution in [0.3, 0.4) is 0 Å². The van der Waals surface area contributed by atoms with Crippen LogP contribution in [0.15, 0.2) is 95.7 Å². The fraction of sp³-hybridized carbons (Fsp3) is 0.356. The zero-order valence-electron chi connectivity index (χ0n) is 35.0. The molecular formula is C45H48ClN9O7S. The first-order chi connectivity index (χ1) is 30.3. The van der Waals surface area contributed by atoms with Gasteiger partial charge in [0.05, 0.1) is 39.4 Å². The number of halogens is 1. The number of carbonyl (C=O) groups excluding carboxylic acids is 1. The average Bonchev–Trinajstić information content (AvgIpc) is 3.92. The molecule has 0 unspecified atom stereocenters. The zero-order chi connectivity index (χ0) is 43.9. The third kappa shape index (κ3) is 9.15. The normalized spacial score (nSPS) is 18.5. The first kappa shape index (κ1) is 42.5. The van der Waals surface area contributed by atoms with Gasteiger partial charge >= 0.3 is 5.69 Å². The number of aromatic amines is 1. The molecule has 18 heteroatoms. The molecule has 3 N–H and O–H groups in total. The highest BCUT2D eigenvalue weighted by Gasteiger charge is 2.31. The lowest BCUT2D eigenvalue weighted by atomic mass is 9.72. The van der Waals surface area contributed by atoms with Crippen LogP contribution in [0.4, 0.5) is 11.4 Å². The Morgan fingerprint density at radius 3 is 2.63 bits per heavy atom. The molecule has 0 spiro atoms. The molecule has 2 fully saturated rings. The number of carbonyl (C=O) groups is 1. The van der Waals surface area contributed by atoms with Crippen molar-refractivity contribution in [1.29, 1.82) is 0 Å². The van der Waals surface area contributed by atoms with E-state index in [4.69, 9.17) is 26.1 Å². The number of aromatic nitrogens is 4. The van der Waals surface area contributed by atoms with Crippen LogP contribution in [0.2, 0.25) is 5.02 Å². The summed E-state index contributed by atoms with van der Waals surface area (Å²) in [5.41, 5.74) is 6.82. The topological polar surface area (TPSA) is 190 Å². The lowest BCUT2D eigenvalue weighted by molar-refractivity contribution is -0.386. The summed E-state index contributed by atoms with van der Waals surface area (Å²) in [7, 11) is -4.61. The summed E-state index contributed by atoms with van der Waals surface area (Å²) in [4.78, 5) is 37.6. The van der Waals surface area contributed by atoms with E-state index in [0.717, 1.165) is 74.1 Å². The molecule has 6 aromatic rings. The maximum absolute atomic E-state index is 14.2. The molecule has 63 heavy (non-hydrogen) atoms. The van der Waals surface area contributed by atoms with Crippen molar-refractivity contribution >= 4 is 66.5 Å². The van der Waals surface area contributed by atoms with Crippen LogP contribution in [0, 0.1) is 15.5 Å². The maximum atomic E-state index is 14.2. The van der Waals surface area contributed by atoms with Gasteiger partial charge in [-0.2, -0.15) is 5.10 Å². The lowest BCUT2D eigenvalue weighted by Gasteiger charge is -2.39. The van der Waals surface area contributed by atoms with Gasteiger partial charge in [0.1, 0.15) is 23.9 Å². The van der Waals surface area contributed by atoms with Gasteiger partial charge in [0.15, 0.2) is 5.75 Å². The SMILES string of the molecule is CC1(C)CCC(CN2CCN(c3ccc(C(=O)NS(=O)(=O)c4ccc(OC[C@@H]5CNCCO5)c([N+](=O)[O-])c4)c(-n4ncc5nc6[nH]ccc6cc54)c3)CC2)=C(c2ccc(Cl)cc2)C1. The van der Waals surface area contributed by atoms with Crippen LogP contribution in [-0.4, -0.2) is 109 Å². The molecular weight excluding hydrogens is 846 g/mol. The van der Waals surface area contributed by atoms with Crippen LogP contribution in [0.1, 0.15) is 49.0 Å². The molecule has 2 saturated heterocycles. The van der Waals surface area contributed by atoms with Crippen molar-refractivity contribution in [2.24, 2.45) is 5.41 Å². The van der Waals surface area contributed by atoms with E-state index in [9.17, 15) is 23.3 Å². The fourth-order valence-corrected chi connectivity index (χ4v) is 9.78. The summed E-state index contributed by atoms with van der Waals surface area (Å²) in [5.74, 6) is -1.06. The number of hydrogen-bond donors (Lipinski definition) is 3. The molecule has 16 nitrogen and oxygen atoms in total. The highest BCUT2D eigenvalue weighted by Crippen LogP contribution is 2.43. The number of piperazine rings is 1. The monoisotopic (exact) mass is 893 g/mol. The smallest absolute Gasteiger partial charge is 0.312 e. The van der Waals surface area contributed by atoms with Crippen molar-refractivity contribution < 1.29 is 27.6 Å². The van der Waals surface area contributed by atoms with E-state index < -0.39 is 31.4 Å². The minimum atomic E-state index is -4.61. The van der Waals surface area contributed by atoms with Crippen LogP contribution in [0.5, 0.6) is 5.75 Å². The Balaban J connectivity index is 0.976. The standard InChI is InChI=1S/C45H48ClN9O7S/c1-45(2)13-11-31(37(24-45)29-3-5-32(46)6-4-29)27-52-16-18-53(19-17-52)33-7-9-36(39(22-33)54-40-21-30-12-14-48-43(30)50-38(40)26-49-54)44(56)51-63(59,60)35-8-10-42(41(23-35)55(57)58)62-28-34-25-47-15-20-61-34/h3-10,12,14,21-23,26,34,47H,11,13,15-20,24-25,27-28H2,1-2H3,(H,48,50)(H,51,56)/t34-/m0/s1. The van der Waals surface area contributed by atoms with Gasteiger partial charge in [-0.3, -0.25) is 19.8 Å². The number of allylic oxidation sites excluding steroid dienone is 1. The largest absolute Gasteiger partial charge is 0.484 e. The number of nitrogens with one attached hydrogen (secondary N) is 3. The Morgan fingerprint density at radius 2 is 1.87 bits per heavy atom. The second-order valence-electron chi connectivity index (χ2n) is 17.1. The first-order valence-corrected chi connectivity index (χ1v) is 22.9. The lowest BCUT2D eigenvalue weighted by Crippen LogP contribution is -2.47. The van der Waals surface area contributed by atoms with Crippen molar-refractivity contribution in [3.05, 3.63) is 117 Å². The van der Waals surface area contributed by atoms with E-state index in [1.165, 1.54) is 28.8 Å². The van der Waals surface area contributed by atoms with E-state index in [0.29, 0.717) is 42.1 Å². The molecule has 328 valence electrons. The molecule has 1 amide bonds. The van der Waals surface area contributed by atoms with Crippen LogP contribution < -0.4 is 19.7 Å². The molecule has 0 saturated carbocycles. The molecule has 1 aliphatic carbocycles. The molecule has 9 rings (SSSR count). The summed E-state index contributed by atoms with van der Waals surface area (Å²) < 4.78 is 42.6. The van der Waals surface area contributed by atoms with E-state index in [1.54, 1.807) is 23.1 Å². The predicted molar refractivity (Wildman–Crippen MR) is 241 cm³/mol. The number of nitrogens with zero attached hydrogens (tertiary/aromatic N) is 6. The van der Waals surface area contributed by atoms with Gasteiger partial charge in [0.2, 0.25) is 0 Å². The van der Waals surface area contributed by atoms with E-state index in [2.05, 4.69) is 55.9 Å². The number of nitro groups is 1. The number of fused-ring (bicyclic) bond motifs is 2. The number of anilines is 1. The second-order valence-corrected chi connectivity index (χ2v) is 19.2. The number of rotatable bonds is 12. The third-order valence-electron chi connectivity index (χ3n) is 12.1. The number of sulfonamides is 1. The number of benzene rings is 3. The average molecular weight is 894 g/mol. The molecule has 0 bridgehead atoms. The predicted octanol–water partition coefficient (Wildman–Crippen LogP) is 6.74. The maximum Gasteiger partial charge on any atom is 0.312 e. The number of ether oxygens (including phenoxy) is 2. The summed E-state index contributed by atoms with van der Waals surface area (Å²) in [5, 5.41) is 21.4. The van der Waals surface area contributed by atoms with Gasteiger partial charge in [-0.15, -0.1) is 0 Å². The van der Waals surface area contributed by atoms with Crippen molar-refractivity contribution in [3.63, 3.8) is 0 Å². The van der Waals surface area contributed by atoms with Crippen LogP contribution in [-0.2, 0) is 14.8 Å². The quantitative estimate of drug-likeness (QED) is 0.0869. The fourth-order valence-electron chi connectivity index (χ4n) is 8.67. The van der Waals surface area contributed by atoms with E-state index in [-0.39, 0.29) is 29.4 Å². The Labute approximate surface area is 369 Å². The molecule has 3 aliphatic rings. The summed E-state index contributed by atoms with van der Waals surface area (Å²) >= 11 is 6.25. The summed E-state index contributed by atoms with van der Waals surface area (Å²) in [6, 6.07) is 20.5. The van der Waals surface area contributed by atoms with Crippen molar-refractivity contribution in [3.8, 4) is 11.4 Å². The van der Waals surface area contributed by atoms with Gasteiger partial charge in [0, 0.05) is 74.2 Å². The molecule has 0 radical (unpaired) electrons. The van der Waals surface area contributed by atoms with E-state index in [1.807, 2.05) is 36.4 Å². The number of morpholine rings is 1. The minimum Gasteiger partial charge on any atom is -0.484 e. The summed E-state index contributed by atoms with van der Waals surface area (Å²) in [6.07, 6.45) is 6.24. The molecule has 3 aromatic heterocycles. The number of nitro benzene ring substituents is 1. The van der Waals surface area contributed by atoms with Crippen molar-refractivity contribution in [2.45, 2.75) is 44.1 Å². The number of hydrogen-bond acceptors (Lipinski definition) is 12. The number of H-pyrrole nitrogens is 1. The van der Waals surface area contributed by atoms with Gasteiger partial charge < -0.3 is 24.7 Å². The third-order valence-corrected chi connectivity index (χ3v) is 13.7. The molecule has 5 heterocycles. The van der Waals surface area contributed by atoms with E-state index >= 15 is 0 Å². The molecule has 1 atom stereocenters. The number of amides is 1. The van der Waals surface area contributed by atoms with Gasteiger partial charge in [-0.1, -0.05) is 43.2 Å².